The highest BCUT2D eigenvalue weighted by Crippen LogP contribution is 2.73. The van der Waals surface area contributed by atoms with Crippen molar-refractivity contribution in [2.24, 2.45) is 10.4 Å². The minimum atomic E-state index is -1.42. The number of hydrogen-bond donors (Lipinski definition) is 0. The molecule has 2 aromatic rings. The molecule has 1 heterocycles. The highest BCUT2D eigenvalue weighted by Gasteiger charge is 2.84. The van der Waals surface area contributed by atoms with Gasteiger partial charge in [0.05, 0.1) is 13.2 Å². The number of benzene rings is 2. The Hall–Kier alpha value is -2.95. The Labute approximate surface area is 170 Å². The summed E-state index contributed by atoms with van der Waals surface area (Å²) < 4.78 is 11.1. The minimum Gasteiger partial charge on any atom is -0.476 e. The predicted octanol–water partition coefficient (Wildman–Crippen LogP) is 3.81. The maximum atomic E-state index is 13.5. The quantitative estimate of drug-likeness (QED) is 0.574. The van der Waals surface area contributed by atoms with Gasteiger partial charge < -0.3 is 9.47 Å². The maximum absolute atomic E-state index is 13.5. The summed E-state index contributed by atoms with van der Waals surface area (Å²) in [7, 11) is 0. The molecule has 0 bridgehead atoms. The summed E-state index contributed by atoms with van der Waals surface area (Å²) in [5.74, 6) is -0.889. The fraction of sp³-hybridized carbons (Fsp3) is 0.375. The second-order valence-electron chi connectivity index (χ2n) is 7.76. The van der Waals surface area contributed by atoms with Gasteiger partial charge in [-0.15, -0.1) is 0 Å². The van der Waals surface area contributed by atoms with E-state index in [0.717, 1.165) is 11.1 Å². The summed E-state index contributed by atoms with van der Waals surface area (Å²) in [4.78, 5) is 31.7. The molecule has 1 unspecified atom stereocenters. The SMILES string of the molecule is CCOC(=O)[C@@]12C[C@@](C)(c3ccccc3)C1(c1ccccc1)N=C(OCC)C2=O. The van der Waals surface area contributed by atoms with Gasteiger partial charge in [-0.3, -0.25) is 9.59 Å². The van der Waals surface area contributed by atoms with Crippen molar-refractivity contribution in [1.82, 2.24) is 0 Å². The molecule has 0 radical (unpaired) electrons. The minimum absolute atomic E-state index is 0.0177. The topological polar surface area (TPSA) is 65.0 Å². The van der Waals surface area contributed by atoms with Crippen LogP contribution in [0.5, 0.6) is 0 Å². The van der Waals surface area contributed by atoms with Gasteiger partial charge in [-0.25, -0.2) is 4.99 Å². The third-order valence-electron chi connectivity index (χ3n) is 6.39. The van der Waals surface area contributed by atoms with Gasteiger partial charge in [0.1, 0.15) is 5.54 Å². The molecule has 29 heavy (non-hydrogen) atoms. The zero-order valence-electron chi connectivity index (χ0n) is 17.0. The van der Waals surface area contributed by atoms with Crippen LogP contribution < -0.4 is 0 Å². The van der Waals surface area contributed by atoms with Gasteiger partial charge in [-0.1, -0.05) is 67.6 Å². The third-order valence-corrected chi connectivity index (χ3v) is 6.39. The Morgan fingerprint density at radius 3 is 2.10 bits per heavy atom. The molecule has 150 valence electrons. The number of fused-ring (bicyclic) bond motifs is 1. The molecule has 0 aromatic heterocycles. The molecular weight excluding hydrogens is 366 g/mol. The Balaban J connectivity index is 2.02. The van der Waals surface area contributed by atoms with Crippen LogP contribution in [0.2, 0.25) is 0 Å². The van der Waals surface area contributed by atoms with E-state index in [2.05, 4.69) is 6.92 Å². The van der Waals surface area contributed by atoms with E-state index in [1.807, 2.05) is 60.7 Å². The van der Waals surface area contributed by atoms with Crippen molar-refractivity contribution in [3.8, 4) is 0 Å². The summed E-state index contributed by atoms with van der Waals surface area (Å²) >= 11 is 0. The lowest BCUT2D eigenvalue weighted by Crippen LogP contribution is -2.72. The Bertz CT molecular complexity index is 971. The first kappa shape index (κ1) is 19.4. The molecule has 5 heteroatoms. The smallest absolute Gasteiger partial charge is 0.323 e. The Morgan fingerprint density at radius 1 is 0.966 bits per heavy atom. The van der Waals surface area contributed by atoms with Crippen LogP contribution in [0.1, 0.15) is 38.3 Å². The van der Waals surface area contributed by atoms with Crippen molar-refractivity contribution in [2.75, 3.05) is 13.2 Å². The molecule has 4 rings (SSSR count). The lowest BCUT2D eigenvalue weighted by atomic mass is 9.37. The van der Waals surface area contributed by atoms with Gasteiger partial charge in [0, 0.05) is 5.41 Å². The number of ether oxygens (including phenoxy) is 2. The summed E-state index contributed by atoms with van der Waals surface area (Å²) in [5.41, 5.74) is -1.26. The number of rotatable bonds is 5. The number of ketones is 1. The highest BCUT2D eigenvalue weighted by molar-refractivity contribution is 6.45. The lowest BCUT2D eigenvalue weighted by molar-refractivity contribution is -0.182. The first-order valence-electron chi connectivity index (χ1n) is 10.0. The van der Waals surface area contributed by atoms with Crippen molar-refractivity contribution in [2.45, 2.75) is 38.1 Å². The van der Waals surface area contributed by atoms with Crippen molar-refractivity contribution in [3.63, 3.8) is 0 Å². The average molecular weight is 391 g/mol. The van der Waals surface area contributed by atoms with Gasteiger partial charge >= 0.3 is 5.97 Å². The van der Waals surface area contributed by atoms with Gasteiger partial charge in [0.25, 0.3) is 5.90 Å². The molecule has 5 nitrogen and oxygen atoms in total. The van der Waals surface area contributed by atoms with E-state index < -0.39 is 22.3 Å². The van der Waals surface area contributed by atoms with Gasteiger partial charge in [-0.2, -0.15) is 0 Å². The van der Waals surface area contributed by atoms with Crippen molar-refractivity contribution in [3.05, 3.63) is 71.8 Å². The van der Waals surface area contributed by atoms with Crippen molar-refractivity contribution >= 4 is 17.7 Å². The zero-order chi connectivity index (χ0) is 20.7. The molecular formula is C24H25NO4. The van der Waals surface area contributed by atoms with Crippen LogP contribution in [0.25, 0.3) is 0 Å². The van der Waals surface area contributed by atoms with Crippen LogP contribution in [0, 0.1) is 5.41 Å². The molecule has 3 atom stereocenters. The van der Waals surface area contributed by atoms with E-state index in [0.29, 0.717) is 13.0 Å². The molecule has 1 aliphatic carbocycles. The number of Topliss-reactive ketones (excluding diaryl/α,β-unsaturated/α-hetero) is 1. The molecule has 0 amide bonds. The van der Waals surface area contributed by atoms with E-state index in [1.165, 1.54) is 0 Å². The molecule has 0 N–H and O–H groups in total. The van der Waals surface area contributed by atoms with Crippen LogP contribution in [0.4, 0.5) is 0 Å². The molecule has 0 saturated heterocycles. The molecule has 1 aliphatic heterocycles. The van der Waals surface area contributed by atoms with E-state index >= 15 is 0 Å². The number of carbonyl (C=O) groups is 2. The summed E-state index contributed by atoms with van der Waals surface area (Å²) in [6.07, 6.45) is 0.316. The van der Waals surface area contributed by atoms with Crippen LogP contribution in [-0.4, -0.2) is 30.9 Å². The van der Waals surface area contributed by atoms with Crippen molar-refractivity contribution in [1.29, 1.82) is 0 Å². The second-order valence-corrected chi connectivity index (χ2v) is 7.76. The number of aliphatic imine (C=N–C) groups is 1. The van der Waals surface area contributed by atoms with E-state index in [4.69, 9.17) is 14.5 Å². The van der Waals surface area contributed by atoms with Crippen LogP contribution >= 0.6 is 0 Å². The maximum Gasteiger partial charge on any atom is 0.323 e. The van der Waals surface area contributed by atoms with E-state index in [-0.39, 0.29) is 18.3 Å². The lowest BCUT2D eigenvalue weighted by Gasteiger charge is -2.63. The average Bonchev–Trinajstić information content (AvgIpc) is 2.95. The molecule has 1 fully saturated rings. The Morgan fingerprint density at radius 2 is 1.55 bits per heavy atom. The monoisotopic (exact) mass is 391 g/mol. The molecule has 2 aromatic carbocycles. The number of hydrogen-bond acceptors (Lipinski definition) is 5. The largest absolute Gasteiger partial charge is 0.476 e. The highest BCUT2D eigenvalue weighted by atomic mass is 16.5. The second kappa shape index (κ2) is 6.83. The third kappa shape index (κ3) is 2.30. The first-order chi connectivity index (χ1) is 14.0. The van der Waals surface area contributed by atoms with Gasteiger partial charge in [0.2, 0.25) is 5.78 Å². The fourth-order valence-corrected chi connectivity index (χ4v) is 5.23. The number of nitrogens with zero attached hydrogens (tertiary/aromatic N) is 1. The first-order valence-corrected chi connectivity index (χ1v) is 10.0. The summed E-state index contributed by atoms with van der Waals surface area (Å²) in [6, 6.07) is 19.5. The normalized spacial score (nSPS) is 30.2. The molecule has 2 aliphatic rings. The zero-order valence-corrected chi connectivity index (χ0v) is 17.0. The van der Waals surface area contributed by atoms with Crippen molar-refractivity contribution < 1.29 is 19.1 Å². The summed E-state index contributed by atoms with van der Waals surface area (Å²) in [6.45, 7) is 6.12. The van der Waals surface area contributed by atoms with Crippen LogP contribution in [0.15, 0.2) is 65.7 Å². The number of esters is 1. The summed E-state index contributed by atoms with van der Waals surface area (Å²) in [5, 5.41) is 0. The predicted molar refractivity (Wildman–Crippen MR) is 110 cm³/mol. The fourth-order valence-electron chi connectivity index (χ4n) is 5.23. The van der Waals surface area contributed by atoms with Crippen LogP contribution in [-0.2, 0) is 30.0 Å². The van der Waals surface area contributed by atoms with E-state index in [9.17, 15) is 9.59 Å². The molecule has 0 spiro atoms. The number of carbonyl (C=O) groups excluding carboxylic acids is 2. The van der Waals surface area contributed by atoms with Gasteiger partial charge in [0.15, 0.2) is 5.41 Å². The standard InChI is InChI=1S/C24H25NO4/c1-4-28-20-19(26)23(21(27)29-5-2)16-22(3,17-12-8-6-9-13-17)24(23,25-20)18-14-10-7-11-15-18/h6-15H,4-5,16H2,1-3H3/t22-,23-,24?/m0/s1. The molecule has 1 saturated carbocycles. The van der Waals surface area contributed by atoms with Crippen LogP contribution in [0.3, 0.4) is 0 Å². The van der Waals surface area contributed by atoms with Gasteiger partial charge in [-0.05, 0) is 31.4 Å². The Kier molecular flexibility index (Phi) is 4.56. The van der Waals surface area contributed by atoms with E-state index in [1.54, 1.807) is 13.8 Å².